The van der Waals surface area contributed by atoms with E-state index in [0.29, 0.717) is 12.8 Å². The van der Waals surface area contributed by atoms with Crippen LogP contribution in [0.1, 0.15) is 43.7 Å². The van der Waals surface area contributed by atoms with Gasteiger partial charge in [-0.05, 0) is 34.6 Å². The monoisotopic (exact) mass is 466 g/mol. The summed E-state index contributed by atoms with van der Waals surface area (Å²) in [7, 11) is 0. The van der Waals surface area contributed by atoms with Gasteiger partial charge in [0.15, 0.2) is 6.10 Å². The third-order valence-corrected chi connectivity index (χ3v) is 6.78. The highest BCUT2D eigenvalue weighted by molar-refractivity contribution is 5.87. The maximum Gasteiger partial charge on any atom is 0.407 e. The molecule has 0 spiro atoms. The minimum atomic E-state index is -1.12. The maximum absolute atomic E-state index is 13.0. The second-order valence-corrected chi connectivity index (χ2v) is 8.87. The molecule has 180 valence electrons. The Kier molecular flexibility index (Phi) is 7.17. The van der Waals surface area contributed by atoms with Gasteiger partial charge in [-0.2, -0.15) is 0 Å². The Morgan fingerprint density at radius 3 is 2.29 bits per heavy atom. The zero-order chi connectivity index (χ0) is 24.2. The normalized spacial score (nSPS) is 20.6. The highest BCUT2D eigenvalue weighted by atomic mass is 16.5. The smallest absolute Gasteiger partial charge is 0.407 e. The topological polar surface area (TPSA) is 114 Å². The van der Waals surface area contributed by atoms with Crippen molar-refractivity contribution in [2.45, 2.75) is 50.8 Å². The van der Waals surface area contributed by atoms with Gasteiger partial charge in [-0.3, -0.25) is 4.79 Å². The number of hydrogen-bond acceptors (Lipinski definition) is 5. The molecule has 1 fully saturated rings. The molecule has 1 saturated heterocycles. The van der Waals surface area contributed by atoms with Crippen LogP contribution in [0.4, 0.5) is 4.79 Å². The summed E-state index contributed by atoms with van der Waals surface area (Å²) >= 11 is 0. The molecular weight excluding hydrogens is 436 g/mol. The first-order valence-corrected chi connectivity index (χ1v) is 11.7. The predicted molar refractivity (Wildman–Crippen MR) is 125 cm³/mol. The molecule has 1 unspecified atom stereocenters. The number of carboxylic acids is 1. The van der Waals surface area contributed by atoms with Crippen molar-refractivity contribution in [3.63, 3.8) is 0 Å². The number of alkyl carbamates (subject to hydrolysis) is 1. The van der Waals surface area contributed by atoms with Crippen LogP contribution in [0.15, 0.2) is 48.5 Å². The lowest BCUT2D eigenvalue weighted by molar-refractivity contribution is -0.148. The highest BCUT2D eigenvalue weighted by Crippen LogP contribution is 2.44. The molecule has 1 aliphatic carbocycles. The first-order chi connectivity index (χ1) is 16.4. The fraction of sp³-hybridized carbons (Fsp3) is 0.423. The SMILES string of the molecule is CCC(C)[C@H](NC(=O)OCC1c2ccccc2-c2ccccc21)C(=O)N[C@@H]1CCO[C@@H]1C(=O)O. The molecule has 2 aromatic carbocycles. The summed E-state index contributed by atoms with van der Waals surface area (Å²) in [4.78, 5) is 37.0. The minimum absolute atomic E-state index is 0.0824. The van der Waals surface area contributed by atoms with Crippen LogP contribution in [-0.2, 0) is 19.1 Å². The first-order valence-electron chi connectivity index (χ1n) is 11.7. The van der Waals surface area contributed by atoms with Crippen molar-refractivity contribution in [2.75, 3.05) is 13.2 Å². The fourth-order valence-electron chi connectivity index (χ4n) is 4.72. The summed E-state index contributed by atoms with van der Waals surface area (Å²) in [6.45, 7) is 4.18. The van der Waals surface area contributed by atoms with Gasteiger partial charge in [0.2, 0.25) is 5.91 Å². The third kappa shape index (κ3) is 4.77. The van der Waals surface area contributed by atoms with Crippen molar-refractivity contribution in [3.05, 3.63) is 59.7 Å². The lowest BCUT2D eigenvalue weighted by Crippen LogP contribution is -2.54. The quantitative estimate of drug-likeness (QED) is 0.550. The Hall–Kier alpha value is -3.39. The molecule has 4 atom stereocenters. The second kappa shape index (κ2) is 10.3. The summed E-state index contributed by atoms with van der Waals surface area (Å²) in [5.41, 5.74) is 4.48. The van der Waals surface area contributed by atoms with Gasteiger partial charge >= 0.3 is 12.1 Å². The lowest BCUT2D eigenvalue weighted by Gasteiger charge is -2.26. The number of fused-ring (bicyclic) bond motifs is 3. The number of rotatable bonds is 8. The van der Waals surface area contributed by atoms with Gasteiger partial charge in [-0.1, -0.05) is 68.8 Å². The van der Waals surface area contributed by atoms with Gasteiger partial charge in [0, 0.05) is 12.5 Å². The molecule has 2 aliphatic rings. The van der Waals surface area contributed by atoms with Gasteiger partial charge < -0.3 is 25.2 Å². The Morgan fingerprint density at radius 2 is 1.71 bits per heavy atom. The summed E-state index contributed by atoms with van der Waals surface area (Å²) in [6, 6.07) is 14.6. The van der Waals surface area contributed by atoms with E-state index in [-0.39, 0.29) is 25.0 Å². The van der Waals surface area contributed by atoms with Crippen LogP contribution < -0.4 is 10.6 Å². The number of benzene rings is 2. The first kappa shape index (κ1) is 23.8. The zero-order valence-corrected chi connectivity index (χ0v) is 19.3. The molecule has 1 aliphatic heterocycles. The van der Waals surface area contributed by atoms with Crippen LogP contribution in [0, 0.1) is 5.92 Å². The molecule has 2 aromatic rings. The highest BCUT2D eigenvalue weighted by Gasteiger charge is 2.38. The molecule has 0 radical (unpaired) electrons. The Balaban J connectivity index is 1.41. The standard InChI is InChI=1S/C26H30N2O6/c1-3-15(2)22(24(29)27-21-12-13-33-23(21)25(30)31)28-26(32)34-14-20-18-10-6-4-8-16(18)17-9-5-7-11-19(17)20/h4-11,15,20-23H,3,12-14H2,1-2H3,(H,27,29)(H,28,32)(H,30,31)/t15?,21-,22+,23+/m1/s1. The van der Waals surface area contributed by atoms with E-state index < -0.39 is 36.2 Å². The molecule has 1 heterocycles. The van der Waals surface area contributed by atoms with E-state index in [2.05, 4.69) is 22.8 Å². The van der Waals surface area contributed by atoms with Gasteiger partial charge in [-0.15, -0.1) is 0 Å². The third-order valence-electron chi connectivity index (χ3n) is 6.78. The number of amides is 2. The molecular formula is C26H30N2O6. The Morgan fingerprint density at radius 1 is 1.09 bits per heavy atom. The van der Waals surface area contributed by atoms with Crippen LogP contribution >= 0.6 is 0 Å². The number of carbonyl (C=O) groups is 3. The summed E-state index contributed by atoms with van der Waals surface area (Å²) in [6.07, 6.45) is -0.720. The number of carbonyl (C=O) groups excluding carboxylic acids is 2. The molecule has 0 aromatic heterocycles. The largest absolute Gasteiger partial charge is 0.479 e. The number of carboxylic acid groups (broad SMARTS) is 1. The molecule has 2 amide bonds. The summed E-state index contributed by atoms with van der Waals surface area (Å²) in [5.74, 6) is -1.82. The van der Waals surface area contributed by atoms with E-state index in [1.54, 1.807) is 0 Å². The molecule has 4 rings (SSSR count). The van der Waals surface area contributed by atoms with Gasteiger partial charge in [0.05, 0.1) is 6.04 Å². The van der Waals surface area contributed by atoms with Gasteiger partial charge in [0.25, 0.3) is 0 Å². The van der Waals surface area contributed by atoms with Crippen molar-refractivity contribution in [2.24, 2.45) is 5.92 Å². The Labute approximate surface area is 198 Å². The molecule has 34 heavy (non-hydrogen) atoms. The van der Waals surface area contributed by atoms with E-state index in [9.17, 15) is 19.5 Å². The van der Waals surface area contributed by atoms with Crippen LogP contribution in [0.3, 0.4) is 0 Å². The number of aliphatic carboxylic acids is 1. The maximum atomic E-state index is 13.0. The van der Waals surface area contributed by atoms with E-state index in [0.717, 1.165) is 22.3 Å². The van der Waals surface area contributed by atoms with E-state index in [1.165, 1.54) is 0 Å². The number of hydrogen-bond donors (Lipinski definition) is 3. The summed E-state index contributed by atoms with van der Waals surface area (Å²) < 4.78 is 10.8. The lowest BCUT2D eigenvalue weighted by atomic mass is 9.97. The fourth-order valence-corrected chi connectivity index (χ4v) is 4.72. The van der Waals surface area contributed by atoms with Crippen molar-refractivity contribution in [3.8, 4) is 11.1 Å². The van der Waals surface area contributed by atoms with Gasteiger partial charge in [0.1, 0.15) is 12.6 Å². The molecule has 0 saturated carbocycles. The van der Waals surface area contributed by atoms with Crippen molar-refractivity contribution >= 4 is 18.0 Å². The van der Waals surface area contributed by atoms with E-state index >= 15 is 0 Å². The van der Waals surface area contributed by atoms with Crippen molar-refractivity contribution < 1.29 is 29.0 Å². The summed E-state index contributed by atoms with van der Waals surface area (Å²) in [5, 5.41) is 14.7. The minimum Gasteiger partial charge on any atom is -0.479 e. The van der Waals surface area contributed by atoms with Gasteiger partial charge in [-0.25, -0.2) is 9.59 Å². The van der Waals surface area contributed by atoms with Crippen molar-refractivity contribution in [1.29, 1.82) is 0 Å². The van der Waals surface area contributed by atoms with Crippen LogP contribution in [0.25, 0.3) is 11.1 Å². The average Bonchev–Trinajstić information content (AvgIpc) is 3.43. The van der Waals surface area contributed by atoms with Crippen LogP contribution in [-0.4, -0.2) is 54.5 Å². The second-order valence-electron chi connectivity index (χ2n) is 8.87. The predicted octanol–water partition coefficient (Wildman–Crippen LogP) is 3.30. The molecule has 0 bridgehead atoms. The van der Waals surface area contributed by atoms with Crippen molar-refractivity contribution in [1.82, 2.24) is 10.6 Å². The number of nitrogens with one attached hydrogen (secondary N) is 2. The Bertz CT molecular complexity index is 1030. The zero-order valence-electron chi connectivity index (χ0n) is 19.3. The van der Waals surface area contributed by atoms with Crippen LogP contribution in [0.5, 0.6) is 0 Å². The number of ether oxygens (including phenoxy) is 2. The average molecular weight is 467 g/mol. The molecule has 3 N–H and O–H groups in total. The molecule has 8 heteroatoms. The van der Waals surface area contributed by atoms with E-state index in [4.69, 9.17) is 9.47 Å². The molecule has 8 nitrogen and oxygen atoms in total. The van der Waals surface area contributed by atoms with Crippen LogP contribution in [0.2, 0.25) is 0 Å². The van der Waals surface area contributed by atoms with E-state index in [1.807, 2.05) is 50.2 Å².